The first kappa shape index (κ1) is 10.7. The van der Waals surface area contributed by atoms with Gasteiger partial charge in [0.2, 0.25) is 0 Å². The highest BCUT2D eigenvalue weighted by molar-refractivity contribution is 5.40. The van der Waals surface area contributed by atoms with Gasteiger partial charge in [0.25, 0.3) is 0 Å². The van der Waals surface area contributed by atoms with Gasteiger partial charge < -0.3 is 5.73 Å². The van der Waals surface area contributed by atoms with Crippen molar-refractivity contribution >= 4 is 0 Å². The molecule has 0 bridgehead atoms. The van der Waals surface area contributed by atoms with Gasteiger partial charge in [-0.1, -0.05) is 24.6 Å². The van der Waals surface area contributed by atoms with Gasteiger partial charge >= 0.3 is 0 Å². The van der Waals surface area contributed by atoms with Crippen LogP contribution in [0.25, 0.3) is 0 Å². The Balaban J connectivity index is 2.48. The molecule has 0 spiro atoms. The van der Waals surface area contributed by atoms with Gasteiger partial charge in [0.15, 0.2) is 0 Å². The molecule has 0 saturated heterocycles. The zero-order valence-corrected chi connectivity index (χ0v) is 10.0. The smallest absolute Gasteiger partial charge is 0.0300 e. The van der Waals surface area contributed by atoms with E-state index >= 15 is 0 Å². The summed E-state index contributed by atoms with van der Waals surface area (Å²) in [6.07, 6.45) is 3.62. The van der Waals surface area contributed by atoms with Crippen molar-refractivity contribution in [2.45, 2.75) is 46.1 Å². The van der Waals surface area contributed by atoms with Crippen LogP contribution >= 0.6 is 0 Å². The molecule has 1 aliphatic rings. The van der Waals surface area contributed by atoms with Crippen molar-refractivity contribution in [3.63, 3.8) is 0 Å². The molecule has 1 aromatic carbocycles. The highest BCUT2D eigenvalue weighted by Crippen LogP contribution is 2.32. The second kappa shape index (κ2) is 3.97. The summed E-state index contributed by atoms with van der Waals surface area (Å²) in [5.41, 5.74) is 12.0. The maximum Gasteiger partial charge on any atom is 0.0300 e. The summed E-state index contributed by atoms with van der Waals surface area (Å²) in [5.74, 6) is 0.757. The molecule has 0 aromatic heterocycles. The molecule has 0 saturated carbocycles. The Morgan fingerprint density at radius 1 is 1.27 bits per heavy atom. The number of hydrogen-bond donors (Lipinski definition) is 1. The van der Waals surface area contributed by atoms with Crippen molar-refractivity contribution in [1.29, 1.82) is 0 Å². The molecule has 1 aromatic rings. The van der Waals surface area contributed by atoms with Crippen LogP contribution in [0.15, 0.2) is 12.1 Å². The normalized spacial score (nSPS) is 25.9. The molecule has 1 heteroatoms. The van der Waals surface area contributed by atoms with Crippen LogP contribution in [0.5, 0.6) is 0 Å². The molecule has 2 rings (SSSR count). The second-order valence-electron chi connectivity index (χ2n) is 5.14. The van der Waals surface area contributed by atoms with E-state index in [1.807, 2.05) is 0 Å². The number of nitrogens with two attached hydrogens (primary N) is 1. The zero-order valence-electron chi connectivity index (χ0n) is 10.0. The first-order chi connectivity index (χ1) is 7.08. The van der Waals surface area contributed by atoms with Crippen molar-refractivity contribution in [3.05, 3.63) is 34.4 Å². The third-order valence-electron chi connectivity index (χ3n) is 3.59. The van der Waals surface area contributed by atoms with Gasteiger partial charge in [0.1, 0.15) is 0 Å². The lowest BCUT2D eigenvalue weighted by atomic mass is 9.93. The van der Waals surface area contributed by atoms with Crippen LogP contribution in [0.2, 0.25) is 0 Å². The van der Waals surface area contributed by atoms with Crippen LogP contribution in [0.1, 0.15) is 48.1 Å². The molecular formula is C14H21N. The highest BCUT2D eigenvalue weighted by Gasteiger charge is 2.20. The fourth-order valence-corrected chi connectivity index (χ4v) is 2.77. The largest absolute Gasteiger partial charge is 0.324 e. The summed E-state index contributed by atoms with van der Waals surface area (Å²) >= 11 is 0. The van der Waals surface area contributed by atoms with E-state index in [-0.39, 0.29) is 6.04 Å². The van der Waals surface area contributed by atoms with Crippen LogP contribution in [0.4, 0.5) is 0 Å². The van der Waals surface area contributed by atoms with Crippen LogP contribution in [0.3, 0.4) is 0 Å². The molecule has 15 heavy (non-hydrogen) atoms. The van der Waals surface area contributed by atoms with Crippen LogP contribution < -0.4 is 5.73 Å². The Labute approximate surface area is 92.7 Å². The number of benzene rings is 1. The van der Waals surface area contributed by atoms with E-state index in [1.165, 1.54) is 35.1 Å². The summed E-state index contributed by atoms with van der Waals surface area (Å²) in [4.78, 5) is 0. The van der Waals surface area contributed by atoms with Crippen LogP contribution in [-0.2, 0) is 6.42 Å². The third kappa shape index (κ3) is 2.07. The topological polar surface area (TPSA) is 26.0 Å². The second-order valence-corrected chi connectivity index (χ2v) is 5.14. The van der Waals surface area contributed by atoms with Crippen molar-refractivity contribution in [1.82, 2.24) is 0 Å². The Morgan fingerprint density at radius 3 is 2.73 bits per heavy atom. The molecule has 0 fully saturated rings. The Hall–Kier alpha value is -0.820. The third-order valence-corrected chi connectivity index (χ3v) is 3.59. The van der Waals surface area contributed by atoms with Gasteiger partial charge in [0.05, 0.1) is 0 Å². The number of aryl methyl sites for hydroxylation is 2. The highest BCUT2D eigenvalue weighted by atomic mass is 14.6. The van der Waals surface area contributed by atoms with E-state index in [0.717, 1.165) is 12.3 Å². The van der Waals surface area contributed by atoms with Gasteiger partial charge in [-0.3, -0.25) is 0 Å². The lowest BCUT2D eigenvalue weighted by Gasteiger charge is -2.16. The van der Waals surface area contributed by atoms with E-state index in [4.69, 9.17) is 5.73 Å². The fourth-order valence-electron chi connectivity index (χ4n) is 2.77. The summed E-state index contributed by atoms with van der Waals surface area (Å²) in [6, 6.07) is 4.81. The monoisotopic (exact) mass is 203 g/mol. The molecule has 0 aliphatic heterocycles. The standard InChI is InChI=1S/C14H21N/c1-9-4-5-12-11(3)6-10(2)7-13(12)14(15)8-9/h6-7,9,14H,4-5,8,15H2,1-3H3. The maximum absolute atomic E-state index is 6.27. The molecule has 2 N–H and O–H groups in total. The molecule has 1 aliphatic carbocycles. The Kier molecular flexibility index (Phi) is 2.83. The zero-order chi connectivity index (χ0) is 11.0. The first-order valence-corrected chi connectivity index (χ1v) is 5.93. The van der Waals surface area contributed by atoms with Crippen LogP contribution in [-0.4, -0.2) is 0 Å². The molecule has 1 nitrogen and oxygen atoms in total. The molecule has 0 amide bonds. The van der Waals surface area contributed by atoms with Gasteiger partial charge in [-0.15, -0.1) is 0 Å². The molecule has 2 atom stereocenters. The lowest BCUT2D eigenvalue weighted by Crippen LogP contribution is -2.13. The summed E-state index contributed by atoms with van der Waals surface area (Å²) in [5, 5.41) is 0. The molecule has 2 unspecified atom stereocenters. The van der Waals surface area contributed by atoms with E-state index in [2.05, 4.69) is 32.9 Å². The van der Waals surface area contributed by atoms with Crippen molar-refractivity contribution in [2.24, 2.45) is 11.7 Å². The average Bonchev–Trinajstić information content (AvgIpc) is 2.27. The van der Waals surface area contributed by atoms with E-state index < -0.39 is 0 Å². The van der Waals surface area contributed by atoms with Gasteiger partial charge in [-0.25, -0.2) is 0 Å². The SMILES string of the molecule is Cc1cc(C)c2c(c1)C(N)CC(C)CC2. The Morgan fingerprint density at radius 2 is 2.00 bits per heavy atom. The molecular weight excluding hydrogens is 182 g/mol. The quantitative estimate of drug-likeness (QED) is 0.643. The van der Waals surface area contributed by atoms with E-state index in [1.54, 1.807) is 0 Å². The number of rotatable bonds is 0. The van der Waals surface area contributed by atoms with Gasteiger partial charge in [-0.2, -0.15) is 0 Å². The van der Waals surface area contributed by atoms with Gasteiger partial charge in [-0.05, 0) is 55.7 Å². The minimum Gasteiger partial charge on any atom is -0.324 e. The maximum atomic E-state index is 6.27. The predicted molar refractivity (Wildman–Crippen MR) is 64.9 cm³/mol. The molecule has 0 radical (unpaired) electrons. The van der Waals surface area contributed by atoms with Gasteiger partial charge in [0, 0.05) is 6.04 Å². The fraction of sp³-hybridized carbons (Fsp3) is 0.571. The summed E-state index contributed by atoms with van der Waals surface area (Å²) < 4.78 is 0. The lowest BCUT2D eigenvalue weighted by molar-refractivity contribution is 0.464. The minimum atomic E-state index is 0.246. The van der Waals surface area contributed by atoms with Crippen LogP contribution in [0, 0.1) is 19.8 Å². The summed E-state index contributed by atoms with van der Waals surface area (Å²) in [6.45, 7) is 6.69. The van der Waals surface area contributed by atoms with Crippen molar-refractivity contribution < 1.29 is 0 Å². The summed E-state index contributed by atoms with van der Waals surface area (Å²) in [7, 11) is 0. The van der Waals surface area contributed by atoms with Crippen molar-refractivity contribution in [3.8, 4) is 0 Å². The average molecular weight is 203 g/mol. The van der Waals surface area contributed by atoms with Crippen molar-refractivity contribution in [2.75, 3.05) is 0 Å². The van der Waals surface area contributed by atoms with E-state index in [9.17, 15) is 0 Å². The molecule has 82 valence electrons. The van der Waals surface area contributed by atoms with E-state index in [0.29, 0.717) is 0 Å². The number of hydrogen-bond acceptors (Lipinski definition) is 1. The predicted octanol–water partition coefficient (Wildman–Crippen LogP) is 3.28. The number of fused-ring (bicyclic) bond motifs is 1. The molecule has 0 heterocycles. The minimum absolute atomic E-state index is 0.246. The Bertz CT molecular complexity index is 368. The first-order valence-electron chi connectivity index (χ1n) is 5.93.